The predicted molar refractivity (Wildman–Crippen MR) is 82.0 cm³/mol. The molecule has 0 spiro atoms. The van der Waals surface area contributed by atoms with E-state index < -0.39 is 0 Å². The number of likely N-dealkylation sites (tertiary alicyclic amines) is 1. The van der Waals surface area contributed by atoms with Crippen LogP contribution in [0.3, 0.4) is 0 Å². The smallest absolute Gasteiger partial charge is 0.251 e. The summed E-state index contributed by atoms with van der Waals surface area (Å²) < 4.78 is 0. The molecule has 5 nitrogen and oxygen atoms in total. The van der Waals surface area contributed by atoms with Gasteiger partial charge in [-0.1, -0.05) is 12.1 Å². The summed E-state index contributed by atoms with van der Waals surface area (Å²) in [6.07, 6.45) is 4.04. The molecule has 114 valence electrons. The molecule has 1 aliphatic heterocycles. The predicted octanol–water partition coefficient (Wildman–Crippen LogP) is 0.930. The summed E-state index contributed by atoms with van der Waals surface area (Å²) in [5.41, 5.74) is 7.13. The van der Waals surface area contributed by atoms with E-state index in [0.717, 1.165) is 37.9 Å². The van der Waals surface area contributed by atoms with Crippen molar-refractivity contribution in [3.05, 3.63) is 35.4 Å². The molecular weight excluding hydrogens is 266 g/mol. The number of nitrogens with zero attached hydrogens (tertiary/aromatic N) is 1. The molecule has 2 rings (SSSR count). The molecule has 0 aliphatic carbocycles. The van der Waals surface area contributed by atoms with Gasteiger partial charge in [0.15, 0.2) is 0 Å². The van der Waals surface area contributed by atoms with Crippen LogP contribution in [0.25, 0.3) is 0 Å². The molecule has 0 radical (unpaired) electrons. The molecule has 1 aliphatic rings. The molecule has 1 fully saturated rings. The molecule has 1 saturated heterocycles. The van der Waals surface area contributed by atoms with Gasteiger partial charge in [-0.25, -0.2) is 0 Å². The number of carbonyl (C=O) groups is 2. The van der Waals surface area contributed by atoms with Crippen LogP contribution in [0.1, 0.15) is 35.2 Å². The highest BCUT2D eigenvalue weighted by atomic mass is 16.2. The van der Waals surface area contributed by atoms with Crippen molar-refractivity contribution in [3.8, 4) is 0 Å². The molecule has 0 saturated carbocycles. The molecule has 0 bridgehead atoms. The third-order valence-corrected chi connectivity index (χ3v) is 3.73. The highest BCUT2D eigenvalue weighted by molar-refractivity contribution is 5.96. The van der Waals surface area contributed by atoms with Crippen LogP contribution in [-0.4, -0.2) is 42.9 Å². The number of nitrogens with one attached hydrogen (secondary N) is 1. The van der Waals surface area contributed by atoms with Gasteiger partial charge in [-0.15, -0.1) is 0 Å². The summed E-state index contributed by atoms with van der Waals surface area (Å²) in [5, 5.41) is 2.70. The fourth-order valence-electron chi connectivity index (χ4n) is 2.55. The van der Waals surface area contributed by atoms with Gasteiger partial charge in [-0.2, -0.15) is 0 Å². The van der Waals surface area contributed by atoms with E-state index >= 15 is 0 Å². The second-order valence-electron chi connectivity index (χ2n) is 5.36. The average molecular weight is 289 g/mol. The van der Waals surface area contributed by atoms with Crippen LogP contribution in [0.4, 0.5) is 0 Å². The molecule has 0 atom stereocenters. The van der Waals surface area contributed by atoms with Crippen molar-refractivity contribution >= 4 is 11.8 Å². The summed E-state index contributed by atoms with van der Waals surface area (Å²) in [7, 11) is 0. The van der Waals surface area contributed by atoms with Crippen LogP contribution in [0, 0.1) is 0 Å². The van der Waals surface area contributed by atoms with Crippen molar-refractivity contribution in [1.82, 2.24) is 10.2 Å². The standard InChI is InChI=1S/C16H23N3O2/c17-8-7-13-5-4-6-14(11-13)16(21)18-12-15(20)19-9-2-1-3-10-19/h4-6,11H,1-3,7-10,12,17H2,(H,18,21). The third kappa shape index (κ3) is 4.56. The number of hydrogen-bond acceptors (Lipinski definition) is 3. The Morgan fingerprint density at radius 2 is 1.95 bits per heavy atom. The maximum Gasteiger partial charge on any atom is 0.251 e. The first kappa shape index (κ1) is 15.5. The van der Waals surface area contributed by atoms with E-state index in [1.807, 2.05) is 23.1 Å². The lowest BCUT2D eigenvalue weighted by atomic mass is 10.1. The fourth-order valence-corrected chi connectivity index (χ4v) is 2.55. The molecular formula is C16H23N3O2. The summed E-state index contributed by atoms with van der Waals surface area (Å²) >= 11 is 0. The zero-order valence-electron chi connectivity index (χ0n) is 12.3. The molecule has 3 N–H and O–H groups in total. The monoisotopic (exact) mass is 289 g/mol. The first-order chi connectivity index (χ1) is 10.2. The van der Waals surface area contributed by atoms with Crippen molar-refractivity contribution in [2.45, 2.75) is 25.7 Å². The van der Waals surface area contributed by atoms with Crippen LogP contribution < -0.4 is 11.1 Å². The summed E-state index contributed by atoms with van der Waals surface area (Å²) in [4.78, 5) is 25.9. The minimum Gasteiger partial charge on any atom is -0.343 e. The lowest BCUT2D eigenvalue weighted by Crippen LogP contribution is -2.42. The van der Waals surface area contributed by atoms with Gasteiger partial charge in [0, 0.05) is 18.7 Å². The maximum absolute atomic E-state index is 12.1. The Bertz CT molecular complexity index is 496. The van der Waals surface area contributed by atoms with Gasteiger partial charge in [0.2, 0.25) is 5.91 Å². The largest absolute Gasteiger partial charge is 0.343 e. The van der Waals surface area contributed by atoms with Crippen LogP contribution in [-0.2, 0) is 11.2 Å². The molecule has 0 unspecified atom stereocenters. The number of nitrogens with two attached hydrogens (primary N) is 1. The Morgan fingerprint density at radius 3 is 2.67 bits per heavy atom. The molecule has 2 amide bonds. The van der Waals surface area contributed by atoms with Gasteiger partial charge in [0.25, 0.3) is 5.91 Å². The van der Waals surface area contributed by atoms with Crippen molar-refractivity contribution in [1.29, 1.82) is 0 Å². The second kappa shape index (κ2) is 7.78. The number of rotatable bonds is 5. The number of amides is 2. The topological polar surface area (TPSA) is 75.4 Å². The van der Waals surface area contributed by atoms with Crippen LogP contribution in [0.5, 0.6) is 0 Å². The van der Waals surface area contributed by atoms with Gasteiger partial charge in [-0.05, 0) is 49.9 Å². The van der Waals surface area contributed by atoms with E-state index in [-0.39, 0.29) is 18.4 Å². The van der Waals surface area contributed by atoms with E-state index in [1.54, 1.807) is 6.07 Å². The molecule has 5 heteroatoms. The van der Waals surface area contributed by atoms with Crippen LogP contribution in [0.15, 0.2) is 24.3 Å². The van der Waals surface area contributed by atoms with Crippen molar-refractivity contribution in [2.24, 2.45) is 5.73 Å². The first-order valence-electron chi connectivity index (χ1n) is 7.55. The lowest BCUT2D eigenvalue weighted by Gasteiger charge is -2.26. The van der Waals surface area contributed by atoms with Crippen LogP contribution >= 0.6 is 0 Å². The average Bonchev–Trinajstić information content (AvgIpc) is 2.53. The molecule has 1 heterocycles. The lowest BCUT2D eigenvalue weighted by molar-refractivity contribution is -0.130. The quantitative estimate of drug-likeness (QED) is 0.846. The number of benzene rings is 1. The molecule has 0 aromatic heterocycles. The van der Waals surface area contributed by atoms with E-state index in [2.05, 4.69) is 5.32 Å². The van der Waals surface area contributed by atoms with E-state index in [9.17, 15) is 9.59 Å². The highest BCUT2D eigenvalue weighted by Crippen LogP contribution is 2.09. The Morgan fingerprint density at radius 1 is 1.19 bits per heavy atom. The second-order valence-corrected chi connectivity index (χ2v) is 5.36. The fraction of sp³-hybridized carbons (Fsp3) is 0.500. The first-order valence-corrected chi connectivity index (χ1v) is 7.55. The van der Waals surface area contributed by atoms with Gasteiger partial charge >= 0.3 is 0 Å². The molecule has 21 heavy (non-hydrogen) atoms. The number of carbonyl (C=O) groups excluding carboxylic acids is 2. The Kier molecular flexibility index (Phi) is 5.75. The summed E-state index contributed by atoms with van der Waals surface area (Å²) in [6.45, 7) is 2.24. The van der Waals surface area contributed by atoms with E-state index in [4.69, 9.17) is 5.73 Å². The number of piperidine rings is 1. The van der Waals surface area contributed by atoms with Crippen molar-refractivity contribution in [3.63, 3.8) is 0 Å². The maximum atomic E-state index is 12.1. The highest BCUT2D eigenvalue weighted by Gasteiger charge is 2.17. The van der Waals surface area contributed by atoms with Crippen LogP contribution in [0.2, 0.25) is 0 Å². The van der Waals surface area contributed by atoms with Gasteiger partial charge in [-0.3, -0.25) is 9.59 Å². The SMILES string of the molecule is NCCc1cccc(C(=O)NCC(=O)N2CCCCC2)c1. The van der Waals surface area contributed by atoms with Gasteiger partial charge in [0.1, 0.15) is 0 Å². The zero-order chi connectivity index (χ0) is 15.1. The normalized spacial score (nSPS) is 14.8. The van der Waals surface area contributed by atoms with Gasteiger partial charge in [0.05, 0.1) is 6.54 Å². The molecule has 1 aromatic carbocycles. The van der Waals surface area contributed by atoms with Crippen molar-refractivity contribution in [2.75, 3.05) is 26.2 Å². The Labute approximate surface area is 125 Å². The van der Waals surface area contributed by atoms with Crippen molar-refractivity contribution < 1.29 is 9.59 Å². The summed E-state index contributed by atoms with van der Waals surface area (Å²) in [5.74, 6) is -0.208. The van der Waals surface area contributed by atoms with E-state index in [1.165, 1.54) is 6.42 Å². The Balaban J connectivity index is 1.86. The third-order valence-electron chi connectivity index (χ3n) is 3.73. The summed E-state index contributed by atoms with van der Waals surface area (Å²) in [6, 6.07) is 7.36. The van der Waals surface area contributed by atoms with E-state index in [0.29, 0.717) is 12.1 Å². The number of hydrogen-bond donors (Lipinski definition) is 2. The Hall–Kier alpha value is -1.88. The zero-order valence-corrected chi connectivity index (χ0v) is 12.3. The minimum atomic E-state index is -0.209. The van der Waals surface area contributed by atoms with Gasteiger partial charge < -0.3 is 16.0 Å². The molecule has 1 aromatic rings. The minimum absolute atomic E-state index is 0.00108.